The van der Waals surface area contributed by atoms with E-state index in [2.05, 4.69) is 19.5 Å². The van der Waals surface area contributed by atoms with Crippen LogP contribution in [-0.4, -0.2) is 50.0 Å². The molecule has 1 aliphatic heterocycles. The van der Waals surface area contributed by atoms with Crippen LogP contribution in [0.15, 0.2) is 77.7 Å². The second kappa shape index (κ2) is 11.9. The van der Waals surface area contributed by atoms with Gasteiger partial charge in [0.25, 0.3) is 10.0 Å². The maximum absolute atomic E-state index is 13.9. The highest BCUT2D eigenvalue weighted by molar-refractivity contribution is 8.23. The van der Waals surface area contributed by atoms with Crippen LogP contribution >= 0.6 is 10.8 Å². The fraction of sp³-hybridized carbons (Fsp3) is 0.222. The van der Waals surface area contributed by atoms with Gasteiger partial charge in [0.1, 0.15) is 17.1 Å². The third-order valence-electron chi connectivity index (χ3n) is 6.90. The van der Waals surface area contributed by atoms with Crippen LogP contribution in [0.1, 0.15) is 40.2 Å². The Hall–Kier alpha value is -4.17. The van der Waals surface area contributed by atoms with Crippen LogP contribution in [0.4, 0.5) is 26.3 Å². The summed E-state index contributed by atoms with van der Waals surface area (Å²) < 4.78 is 132. The van der Waals surface area contributed by atoms with Crippen LogP contribution in [0.25, 0.3) is 11.0 Å². The predicted octanol–water partition coefficient (Wildman–Crippen LogP) is 5.80. The van der Waals surface area contributed by atoms with Gasteiger partial charge >= 0.3 is 18.3 Å². The summed E-state index contributed by atoms with van der Waals surface area (Å²) in [6, 6.07) is 12.1. The molecule has 5 rings (SSSR count). The van der Waals surface area contributed by atoms with Crippen LogP contribution in [0.3, 0.4) is 0 Å². The number of rotatable bonds is 8. The Labute approximate surface area is 257 Å². The van der Waals surface area contributed by atoms with E-state index in [-0.39, 0.29) is 34.4 Å². The lowest BCUT2D eigenvalue weighted by molar-refractivity contribution is -0.227. The number of halogens is 6. The van der Waals surface area contributed by atoms with Gasteiger partial charge in [0.15, 0.2) is 0 Å². The van der Waals surface area contributed by atoms with Crippen molar-refractivity contribution in [3.63, 3.8) is 0 Å². The van der Waals surface area contributed by atoms with Gasteiger partial charge in [-0.25, -0.2) is 18.2 Å². The molecular weight excluding hydrogens is 670 g/mol. The van der Waals surface area contributed by atoms with Gasteiger partial charge in [0.05, 0.1) is 27.9 Å². The smallest absolute Gasteiger partial charge is 0.344 e. The summed E-state index contributed by atoms with van der Waals surface area (Å²) in [5, 5.41) is -1.04. The van der Waals surface area contributed by atoms with Gasteiger partial charge < -0.3 is 9.82 Å². The van der Waals surface area contributed by atoms with Gasteiger partial charge in [-0.1, -0.05) is 48.5 Å². The number of nitrogens with zero attached hydrogens (tertiary/aromatic N) is 2. The van der Waals surface area contributed by atoms with Gasteiger partial charge in [0.2, 0.25) is 5.91 Å². The van der Waals surface area contributed by atoms with Gasteiger partial charge in [-0.2, -0.15) is 26.3 Å². The van der Waals surface area contributed by atoms with E-state index in [9.17, 15) is 53.5 Å². The molecule has 19 heteroatoms. The molecule has 246 valence electrons. The number of aromatic nitrogens is 2. The maximum atomic E-state index is 13.9. The molecule has 1 aliphatic rings. The van der Waals surface area contributed by atoms with E-state index in [1.165, 1.54) is 36.4 Å². The van der Waals surface area contributed by atoms with E-state index >= 15 is 0 Å². The number of amides is 1. The molecular formula is C27H22F6N4O7S2. The van der Waals surface area contributed by atoms with Crippen molar-refractivity contribution < 1.29 is 58.3 Å². The van der Waals surface area contributed by atoms with Crippen molar-refractivity contribution in [3.8, 4) is 0 Å². The van der Waals surface area contributed by atoms with Crippen molar-refractivity contribution >= 4 is 43.7 Å². The number of sulfonamides is 1. The van der Waals surface area contributed by atoms with Crippen LogP contribution in [0.5, 0.6) is 0 Å². The van der Waals surface area contributed by atoms with Crippen molar-refractivity contribution in [3.05, 3.63) is 95.3 Å². The highest BCUT2D eigenvalue weighted by atomic mass is 32.3. The quantitative estimate of drug-likeness (QED) is 0.133. The fourth-order valence-corrected chi connectivity index (χ4v) is 7.86. The van der Waals surface area contributed by atoms with Crippen LogP contribution in [0, 0.1) is 0 Å². The van der Waals surface area contributed by atoms with Crippen LogP contribution in [0.2, 0.25) is 0 Å². The number of fused-ring (bicyclic) bond motifs is 1. The SMILES string of the molecule is O=C1CC(c2ccc(C[C@@H](c3nc4ccccc4[nH]3)N(OC(=O)C(F)(F)F)S(=O)(=O)c3ccccc3C(F)(F)F)cc2)S(O)(O)N1. The van der Waals surface area contributed by atoms with Gasteiger partial charge in [-0.05, 0) is 46.3 Å². The van der Waals surface area contributed by atoms with Crippen molar-refractivity contribution in [2.45, 2.75) is 41.4 Å². The number of imidazole rings is 1. The number of H-pyrrole nitrogens is 1. The Morgan fingerprint density at radius 2 is 1.63 bits per heavy atom. The number of aromatic amines is 1. The molecule has 1 saturated heterocycles. The zero-order valence-electron chi connectivity index (χ0n) is 22.9. The molecule has 0 saturated carbocycles. The minimum atomic E-state index is -5.76. The summed E-state index contributed by atoms with van der Waals surface area (Å²) in [6.07, 6.45) is -11.9. The average molecular weight is 693 g/mol. The van der Waals surface area contributed by atoms with E-state index in [0.29, 0.717) is 12.1 Å². The first-order valence-electron chi connectivity index (χ1n) is 13.0. The van der Waals surface area contributed by atoms with E-state index in [1.54, 1.807) is 12.1 Å². The number of nitrogens with one attached hydrogen (secondary N) is 2. The molecule has 0 aliphatic carbocycles. The van der Waals surface area contributed by atoms with E-state index in [0.717, 1.165) is 12.1 Å². The third kappa shape index (κ3) is 6.68. The molecule has 0 spiro atoms. The minimum Gasteiger partial charge on any atom is -0.344 e. The first kappa shape index (κ1) is 33.2. The lowest BCUT2D eigenvalue weighted by Gasteiger charge is -2.33. The highest BCUT2D eigenvalue weighted by Crippen LogP contribution is 2.56. The molecule has 2 atom stereocenters. The van der Waals surface area contributed by atoms with Crippen molar-refractivity contribution in [2.75, 3.05) is 0 Å². The molecule has 0 radical (unpaired) electrons. The minimum absolute atomic E-state index is 0.148. The molecule has 1 aromatic heterocycles. The van der Waals surface area contributed by atoms with Crippen LogP contribution < -0.4 is 4.72 Å². The fourth-order valence-electron chi connectivity index (χ4n) is 4.80. The number of hydrogen-bond donors (Lipinski definition) is 4. The Kier molecular flexibility index (Phi) is 8.58. The molecule has 4 aromatic rings. The highest BCUT2D eigenvalue weighted by Gasteiger charge is 2.49. The zero-order valence-corrected chi connectivity index (χ0v) is 24.5. The second-order valence-electron chi connectivity index (χ2n) is 10.0. The topological polar surface area (TPSA) is 162 Å². The summed E-state index contributed by atoms with van der Waals surface area (Å²) in [6.45, 7) is 0. The van der Waals surface area contributed by atoms with Gasteiger partial charge in [-0.15, -0.1) is 10.8 Å². The second-order valence-corrected chi connectivity index (χ2v) is 13.8. The number of hydroxylamine groups is 1. The number of carbonyl (C=O) groups is 2. The molecule has 46 heavy (non-hydrogen) atoms. The maximum Gasteiger partial charge on any atom is 0.492 e. The van der Waals surface area contributed by atoms with Crippen molar-refractivity contribution in [1.82, 2.24) is 19.2 Å². The van der Waals surface area contributed by atoms with E-state index in [1.807, 2.05) is 0 Å². The van der Waals surface area contributed by atoms with Crippen molar-refractivity contribution in [1.29, 1.82) is 0 Å². The molecule has 0 bridgehead atoms. The lowest BCUT2D eigenvalue weighted by Crippen LogP contribution is -2.42. The Morgan fingerprint density at radius 3 is 2.22 bits per heavy atom. The monoisotopic (exact) mass is 692 g/mol. The Balaban J connectivity index is 1.65. The molecule has 4 N–H and O–H groups in total. The molecule has 11 nitrogen and oxygen atoms in total. The molecule has 1 fully saturated rings. The molecule has 3 aromatic carbocycles. The summed E-state index contributed by atoms with van der Waals surface area (Å²) in [7, 11) is -9.26. The molecule has 1 unspecified atom stereocenters. The largest absolute Gasteiger partial charge is 0.492 e. The van der Waals surface area contributed by atoms with Gasteiger partial charge in [-0.3, -0.25) is 18.6 Å². The third-order valence-corrected chi connectivity index (χ3v) is 10.4. The summed E-state index contributed by atoms with van der Waals surface area (Å²) in [5.41, 5.74) is -0.826. The summed E-state index contributed by atoms with van der Waals surface area (Å²) in [4.78, 5) is 33.7. The van der Waals surface area contributed by atoms with Crippen LogP contribution in [-0.2, 0) is 37.0 Å². The Morgan fingerprint density at radius 1 is 1.00 bits per heavy atom. The van der Waals surface area contributed by atoms with Crippen molar-refractivity contribution in [2.24, 2.45) is 0 Å². The zero-order chi connectivity index (χ0) is 33.7. The van der Waals surface area contributed by atoms with E-state index in [4.69, 9.17) is 0 Å². The Bertz CT molecular complexity index is 1860. The molecule has 2 heterocycles. The summed E-state index contributed by atoms with van der Waals surface area (Å²) >= 11 is 0. The number of alkyl halides is 6. The number of hydrogen-bond acceptors (Lipinski definition) is 8. The first-order valence-corrected chi connectivity index (χ1v) is 16.0. The standard InChI is InChI=1S/C27H22F6N4O7S2/c28-26(29,30)17-5-1-4-8-21(17)46(42,43)37(44-25(39)27(31,32)33)20(24-34-18-6-2-3-7-19(18)35-24)13-15-9-11-16(12-10-15)22-14-23(38)36-45(22,40)41/h1-12,20,22,40-41H,13-14H2,(H,34,35)(H,36,38)/t20-,22?/m0/s1. The van der Waals surface area contributed by atoms with Gasteiger partial charge in [0, 0.05) is 0 Å². The average Bonchev–Trinajstić information content (AvgIpc) is 3.53. The van der Waals surface area contributed by atoms with E-state index < -0.39 is 77.7 Å². The number of carbonyl (C=O) groups excluding carboxylic acids is 2. The lowest BCUT2D eigenvalue weighted by atomic mass is 10.0. The summed E-state index contributed by atoms with van der Waals surface area (Å²) in [5.74, 6) is -4.03. The molecule has 1 amide bonds. The number of benzene rings is 3. The normalized spacial score (nSPS) is 18.4. The predicted molar refractivity (Wildman–Crippen MR) is 150 cm³/mol. The first-order chi connectivity index (χ1) is 21.4. The number of para-hydroxylation sites is 2.